The predicted molar refractivity (Wildman–Crippen MR) is 129 cm³/mol. The van der Waals surface area contributed by atoms with Crippen LogP contribution in [0.15, 0.2) is 80.9 Å². The first-order valence-corrected chi connectivity index (χ1v) is 10.7. The number of hydrogen-bond donors (Lipinski definition) is 2. The lowest BCUT2D eigenvalue weighted by molar-refractivity contribution is -0.129. The third-order valence-electron chi connectivity index (χ3n) is 4.49. The molecular formula is C24H20BrN3O6. The molecule has 0 atom stereocenters. The van der Waals surface area contributed by atoms with E-state index in [2.05, 4.69) is 26.3 Å². The van der Waals surface area contributed by atoms with Gasteiger partial charge in [-0.1, -0.05) is 28.1 Å². The van der Waals surface area contributed by atoms with Crippen LogP contribution in [0.25, 0.3) is 6.08 Å². The average molecular weight is 526 g/mol. The number of rotatable bonds is 9. The molecule has 3 aromatic rings. The molecule has 9 nitrogen and oxygen atoms in total. The maximum absolute atomic E-state index is 12.9. The highest BCUT2D eigenvalue weighted by atomic mass is 79.9. The summed E-state index contributed by atoms with van der Waals surface area (Å²) >= 11 is 3.32. The van der Waals surface area contributed by atoms with E-state index in [9.17, 15) is 14.4 Å². The Kier molecular flexibility index (Phi) is 8.36. The number of nitrogens with one attached hydrogen (secondary N) is 1. The van der Waals surface area contributed by atoms with Crippen LogP contribution in [0.4, 0.5) is 0 Å². The van der Waals surface area contributed by atoms with Gasteiger partial charge in [-0.3, -0.25) is 9.59 Å². The molecule has 0 spiro atoms. The van der Waals surface area contributed by atoms with Crippen LogP contribution in [0.2, 0.25) is 0 Å². The second-order valence-electron chi connectivity index (χ2n) is 6.69. The van der Waals surface area contributed by atoms with Gasteiger partial charge < -0.3 is 25.1 Å². The number of hydrazone groups is 1. The largest absolute Gasteiger partial charge is 0.496 e. The fourth-order valence-corrected chi connectivity index (χ4v) is 3.28. The van der Waals surface area contributed by atoms with Gasteiger partial charge in [0.25, 0.3) is 5.91 Å². The molecule has 0 radical (unpaired) electrons. The lowest BCUT2D eigenvalue weighted by atomic mass is 10.0. The van der Waals surface area contributed by atoms with Crippen LogP contribution < -0.4 is 20.6 Å². The van der Waals surface area contributed by atoms with Gasteiger partial charge in [0.15, 0.2) is 0 Å². The predicted octanol–water partition coefficient (Wildman–Crippen LogP) is 3.33. The maximum atomic E-state index is 12.9. The van der Waals surface area contributed by atoms with Gasteiger partial charge in [-0.2, -0.15) is 5.10 Å². The normalized spacial score (nSPS) is 11.3. The lowest BCUT2D eigenvalue weighted by Gasteiger charge is -2.12. The van der Waals surface area contributed by atoms with E-state index in [1.54, 1.807) is 42.5 Å². The minimum absolute atomic E-state index is 0.0610. The molecule has 0 saturated heterocycles. The summed E-state index contributed by atoms with van der Waals surface area (Å²) in [5.74, 6) is 4.59. The van der Waals surface area contributed by atoms with Gasteiger partial charge in [-0.05, 0) is 48.5 Å². The Morgan fingerprint density at radius 2 is 1.88 bits per heavy atom. The van der Waals surface area contributed by atoms with Crippen molar-refractivity contribution in [1.29, 1.82) is 0 Å². The Bertz CT molecular complexity index is 1250. The number of esters is 1. The van der Waals surface area contributed by atoms with Crippen LogP contribution in [0.5, 0.6) is 11.5 Å². The SMILES string of the molecule is COc1ccccc1C(=O)NCC(=O)/C(=N/N)c1cc(Br)ccc1OC(=O)/C=C\c1ccco1. The monoisotopic (exact) mass is 525 g/mol. The fraction of sp³-hybridized carbons (Fsp3) is 0.0833. The highest BCUT2D eigenvalue weighted by molar-refractivity contribution is 9.10. The molecule has 174 valence electrons. The smallest absolute Gasteiger partial charge is 0.336 e. The van der Waals surface area contributed by atoms with Gasteiger partial charge in [0.05, 0.1) is 25.5 Å². The number of carbonyl (C=O) groups is 3. The second-order valence-corrected chi connectivity index (χ2v) is 7.61. The molecule has 2 aromatic carbocycles. The van der Waals surface area contributed by atoms with E-state index in [4.69, 9.17) is 19.7 Å². The summed E-state index contributed by atoms with van der Waals surface area (Å²) in [7, 11) is 1.44. The number of hydrogen-bond acceptors (Lipinski definition) is 8. The molecule has 1 aromatic heterocycles. The molecule has 3 rings (SSSR count). The highest BCUT2D eigenvalue weighted by Gasteiger charge is 2.21. The Labute approximate surface area is 203 Å². The highest BCUT2D eigenvalue weighted by Crippen LogP contribution is 2.25. The zero-order valence-corrected chi connectivity index (χ0v) is 19.6. The first-order chi connectivity index (χ1) is 16.4. The van der Waals surface area contributed by atoms with Crippen LogP contribution in [0.1, 0.15) is 21.7 Å². The van der Waals surface area contributed by atoms with Crippen molar-refractivity contribution in [2.45, 2.75) is 0 Å². The molecule has 0 aliphatic heterocycles. The fourth-order valence-electron chi connectivity index (χ4n) is 2.92. The summed E-state index contributed by atoms with van der Waals surface area (Å²) in [5.41, 5.74) is 0.261. The van der Waals surface area contributed by atoms with Gasteiger partial charge in [-0.25, -0.2) is 4.79 Å². The number of furan rings is 1. The summed E-state index contributed by atoms with van der Waals surface area (Å²) in [6.45, 7) is -0.398. The van der Waals surface area contributed by atoms with E-state index in [1.807, 2.05) is 0 Å². The van der Waals surface area contributed by atoms with Crippen molar-refractivity contribution in [1.82, 2.24) is 5.32 Å². The number of amides is 1. The number of Topliss-reactive ketones (excluding diaryl/α,β-unsaturated/α-hetero) is 1. The summed E-state index contributed by atoms with van der Waals surface area (Å²) in [5, 5.41) is 6.11. The molecule has 0 saturated carbocycles. The van der Waals surface area contributed by atoms with Gasteiger partial charge in [0.2, 0.25) is 5.78 Å². The Balaban J connectivity index is 1.75. The van der Waals surface area contributed by atoms with Crippen molar-refractivity contribution >= 4 is 45.4 Å². The number of ether oxygens (including phenoxy) is 2. The molecule has 0 aliphatic carbocycles. The third-order valence-corrected chi connectivity index (χ3v) is 4.98. The number of carbonyl (C=O) groups excluding carboxylic acids is 3. The van der Waals surface area contributed by atoms with Gasteiger partial charge in [0.1, 0.15) is 23.0 Å². The minimum Gasteiger partial charge on any atom is -0.496 e. The van der Waals surface area contributed by atoms with E-state index in [-0.39, 0.29) is 22.6 Å². The van der Waals surface area contributed by atoms with Crippen molar-refractivity contribution in [3.05, 3.63) is 88.3 Å². The molecule has 3 N–H and O–H groups in total. The van der Waals surface area contributed by atoms with Gasteiger partial charge in [-0.15, -0.1) is 0 Å². The topological polar surface area (TPSA) is 133 Å². The van der Waals surface area contributed by atoms with Crippen LogP contribution in [-0.4, -0.2) is 37.0 Å². The average Bonchev–Trinajstić information content (AvgIpc) is 3.37. The lowest BCUT2D eigenvalue weighted by Crippen LogP contribution is -2.34. The van der Waals surface area contributed by atoms with E-state index in [0.717, 1.165) is 0 Å². The summed E-state index contributed by atoms with van der Waals surface area (Å²) in [6.07, 6.45) is 4.09. The first kappa shape index (κ1) is 24.5. The number of nitrogens with zero attached hydrogens (tertiary/aromatic N) is 1. The van der Waals surface area contributed by atoms with Crippen molar-refractivity contribution in [3.63, 3.8) is 0 Å². The first-order valence-electron chi connectivity index (χ1n) is 9.88. The molecule has 1 heterocycles. The van der Waals surface area contributed by atoms with Crippen molar-refractivity contribution in [2.24, 2.45) is 10.9 Å². The standard InChI is InChI=1S/C24H20BrN3O6/c1-32-20-7-3-2-6-17(20)24(31)27-14-19(29)23(28-26)18-13-15(25)8-10-21(18)34-22(30)11-9-16-5-4-12-33-16/h2-13H,14,26H2,1H3,(H,27,31)/b11-9-,28-23+. The number of halogens is 1. The Morgan fingerprint density at radius 3 is 2.59 bits per heavy atom. The molecule has 0 bridgehead atoms. The number of ketones is 1. The maximum Gasteiger partial charge on any atom is 0.336 e. The van der Waals surface area contributed by atoms with E-state index in [1.165, 1.54) is 37.7 Å². The number of para-hydroxylation sites is 1. The molecular weight excluding hydrogens is 506 g/mol. The number of methoxy groups -OCH3 is 1. The van der Waals surface area contributed by atoms with Crippen LogP contribution in [0, 0.1) is 0 Å². The van der Waals surface area contributed by atoms with Crippen molar-refractivity contribution in [2.75, 3.05) is 13.7 Å². The van der Waals surface area contributed by atoms with Crippen LogP contribution in [-0.2, 0) is 9.59 Å². The van der Waals surface area contributed by atoms with Crippen LogP contribution in [0.3, 0.4) is 0 Å². The summed E-state index contributed by atoms with van der Waals surface area (Å²) < 4.78 is 16.3. The van der Waals surface area contributed by atoms with E-state index >= 15 is 0 Å². The van der Waals surface area contributed by atoms with Crippen molar-refractivity contribution in [3.8, 4) is 11.5 Å². The van der Waals surface area contributed by atoms with E-state index in [0.29, 0.717) is 16.0 Å². The molecule has 0 aliphatic rings. The molecule has 1 amide bonds. The number of nitrogens with two attached hydrogens (primary N) is 1. The van der Waals surface area contributed by atoms with Crippen molar-refractivity contribution < 1.29 is 28.3 Å². The Hall–Kier alpha value is -4.18. The quantitative estimate of drug-likeness (QED) is 0.109. The number of benzene rings is 2. The minimum atomic E-state index is -0.701. The van der Waals surface area contributed by atoms with Gasteiger partial charge >= 0.3 is 5.97 Å². The van der Waals surface area contributed by atoms with Crippen LogP contribution >= 0.6 is 15.9 Å². The molecule has 0 fully saturated rings. The second kappa shape index (κ2) is 11.6. The third kappa shape index (κ3) is 6.20. The summed E-state index contributed by atoms with van der Waals surface area (Å²) in [4.78, 5) is 37.6. The Morgan fingerprint density at radius 1 is 1.09 bits per heavy atom. The summed E-state index contributed by atoms with van der Waals surface area (Å²) in [6, 6.07) is 14.6. The van der Waals surface area contributed by atoms with Gasteiger partial charge in [0, 0.05) is 16.1 Å². The molecule has 34 heavy (non-hydrogen) atoms. The zero-order chi connectivity index (χ0) is 24.5. The molecule has 0 unspecified atom stereocenters. The van der Waals surface area contributed by atoms with E-state index < -0.39 is 24.2 Å². The molecule has 10 heteroatoms. The zero-order valence-electron chi connectivity index (χ0n) is 18.0.